The van der Waals surface area contributed by atoms with Crippen LogP contribution in [0.25, 0.3) is 0 Å². The summed E-state index contributed by atoms with van der Waals surface area (Å²) in [5.74, 6) is -7.03. The number of aliphatic hydroxyl groups excluding tert-OH is 2. The SMILES string of the molecule is COc1cccc2c1C(=O)c1c(O)c3c(c(O)c1C2=O)C[C@@](O)(C(=O)CO)C[C@@H]3OC1CC(NC(=O)[C@@H]2CCCN2C(=O)CNC(=O)[C@H](C)NC(=O)C2NCCN2C(=O)OCc2cccnc2)C(O)C(C)O1. The number of aromatic hydroxyl groups is 2. The quantitative estimate of drug-likeness (QED) is 0.0665. The molecule has 3 fully saturated rings. The molecule has 3 aromatic rings. The van der Waals surface area contributed by atoms with Crippen LogP contribution in [-0.4, -0.2) is 176 Å². The lowest BCUT2D eigenvalue weighted by Crippen LogP contribution is -2.59. The summed E-state index contributed by atoms with van der Waals surface area (Å²) in [5, 5.41) is 67.0. The first kappa shape index (κ1) is 51.3. The van der Waals surface area contributed by atoms with E-state index in [1.165, 1.54) is 55.2 Å². The van der Waals surface area contributed by atoms with E-state index in [2.05, 4.69) is 26.3 Å². The third-order valence-corrected chi connectivity index (χ3v) is 13.7. The fourth-order valence-corrected chi connectivity index (χ4v) is 9.95. The first-order valence-electron chi connectivity index (χ1n) is 23.3. The molecular formula is C48H55N7O17. The first-order valence-corrected chi connectivity index (χ1v) is 23.3. The molecule has 24 nitrogen and oxygen atoms in total. The number of hydrogen-bond acceptors (Lipinski definition) is 19. The van der Waals surface area contributed by atoms with Crippen molar-refractivity contribution in [2.45, 2.75) is 107 Å². The standard InChI is InChI=1S/C48H55N7O17/c1-22(52-46(66)43-50-12-14-55(43)47(67)70-21-24-7-5-11-49-18-24)44(64)51-19-32(58)54-13-6-9-28(54)45(65)53-27-15-33(71-23(2)38(27)59)72-30-17-48(68,31(57)20-56)16-26-35(30)42(63)37-36(40(26)61)39(60)25-8-4-10-29(69-3)34(25)41(37)62/h4-5,7-8,10-11,18,22-23,27-28,30,33,38,43,50,56,59,61,63,68H,6,9,12-17,19-21H2,1-3H3,(H,51,64)(H,52,66)(H,53,65)/t22-,23?,27?,28-,30-,33?,38?,43?,48-/m0/s1. The Balaban J connectivity index is 0.910. The van der Waals surface area contributed by atoms with Crippen LogP contribution in [0.15, 0.2) is 42.7 Å². The molecule has 0 bridgehead atoms. The molecule has 24 heteroatoms. The van der Waals surface area contributed by atoms with Gasteiger partial charge in [-0.25, -0.2) is 4.79 Å². The molecule has 3 saturated heterocycles. The third kappa shape index (κ3) is 9.79. The minimum atomic E-state index is -2.42. The number of hydrogen-bond donors (Lipinski definition) is 9. The van der Waals surface area contributed by atoms with Gasteiger partial charge < -0.3 is 65.3 Å². The number of fused-ring (bicyclic) bond motifs is 3. The second-order valence-corrected chi connectivity index (χ2v) is 18.3. The summed E-state index contributed by atoms with van der Waals surface area (Å²) in [7, 11) is 1.28. The number of phenols is 2. The predicted molar refractivity (Wildman–Crippen MR) is 244 cm³/mol. The van der Waals surface area contributed by atoms with E-state index in [1.54, 1.807) is 18.3 Å². The van der Waals surface area contributed by atoms with Crippen LogP contribution in [0.2, 0.25) is 0 Å². The number of benzene rings is 2. The van der Waals surface area contributed by atoms with Crippen LogP contribution in [0.5, 0.6) is 17.2 Å². The van der Waals surface area contributed by atoms with E-state index < -0.39 is 150 Å². The molecule has 3 aliphatic heterocycles. The van der Waals surface area contributed by atoms with Crippen molar-refractivity contribution in [3.63, 3.8) is 0 Å². The zero-order valence-corrected chi connectivity index (χ0v) is 39.4. The van der Waals surface area contributed by atoms with Crippen LogP contribution in [0.1, 0.15) is 94.2 Å². The molecule has 384 valence electrons. The molecular weight excluding hydrogens is 947 g/mol. The number of ether oxygens (including phenoxy) is 4. The van der Waals surface area contributed by atoms with E-state index >= 15 is 0 Å². The molecule has 0 spiro atoms. The van der Waals surface area contributed by atoms with Gasteiger partial charge in [0.05, 0.1) is 48.6 Å². The lowest BCUT2D eigenvalue weighted by Gasteiger charge is -2.43. The molecule has 0 saturated carbocycles. The van der Waals surface area contributed by atoms with Crippen LogP contribution in [0.4, 0.5) is 4.79 Å². The van der Waals surface area contributed by atoms with Crippen molar-refractivity contribution >= 4 is 47.1 Å². The van der Waals surface area contributed by atoms with Crippen molar-refractivity contribution < 1.29 is 82.8 Å². The average molecular weight is 1000 g/mol. The van der Waals surface area contributed by atoms with Crippen molar-refractivity contribution in [3.8, 4) is 17.2 Å². The van der Waals surface area contributed by atoms with Crippen molar-refractivity contribution in [1.29, 1.82) is 0 Å². The number of carbonyl (C=O) groups excluding carboxylic acids is 8. The second kappa shape index (κ2) is 20.9. The first-order chi connectivity index (χ1) is 34.4. The van der Waals surface area contributed by atoms with Gasteiger partial charge in [0.1, 0.15) is 54.3 Å². The molecule has 5 amide bonds. The Morgan fingerprint density at radius 3 is 2.49 bits per heavy atom. The van der Waals surface area contributed by atoms with E-state index in [0.717, 1.165) is 0 Å². The second-order valence-electron chi connectivity index (χ2n) is 18.3. The summed E-state index contributed by atoms with van der Waals surface area (Å²) in [6.07, 6.45) is -5.05. The monoisotopic (exact) mass is 1000 g/mol. The minimum Gasteiger partial charge on any atom is -0.507 e. The molecule has 8 rings (SSSR count). The number of likely N-dealkylation sites (tertiary alicyclic amines) is 1. The Hall–Kier alpha value is -7.09. The molecule has 9 atom stereocenters. The number of nitrogens with one attached hydrogen (secondary N) is 4. The highest BCUT2D eigenvalue weighted by atomic mass is 16.7. The normalized spacial score (nSPS) is 25.9. The van der Waals surface area contributed by atoms with Gasteiger partial charge in [0.25, 0.3) is 5.91 Å². The van der Waals surface area contributed by atoms with E-state index in [4.69, 9.17) is 18.9 Å². The van der Waals surface area contributed by atoms with Crippen molar-refractivity contribution in [3.05, 3.63) is 81.7 Å². The smallest absolute Gasteiger partial charge is 0.411 e. The van der Waals surface area contributed by atoms with Crippen molar-refractivity contribution in [1.82, 2.24) is 36.1 Å². The van der Waals surface area contributed by atoms with E-state index in [9.17, 15) is 63.9 Å². The topological polar surface area (TPSA) is 342 Å². The van der Waals surface area contributed by atoms with Gasteiger partial charge in [-0.3, -0.25) is 48.8 Å². The third-order valence-electron chi connectivity index (χ3n) is 13.7. The Kier molecular flexibility index (Phi) is 14.9. The zero-order valence-electron chi connectivity index (χ0n) is 39.4. The fourth-order valence-electron chi connectivity index (χ4n) is 9.95. The highest BCUT2D eigenvalue weighted by Crippen LogP contribution is 2.52. The number of amides is 5. The van der Waals surface area contributed by atoms with Crippen LogP contribution >= 0.6 is 0 Å². The molecule has 72 heavy (non-hydrogen) atoms. The molecule has 5 unspecified atom stereocenters. The maximum atomic E-state index is 14.1. The lowest BCUT2D eigenvalue weighted by atomic mass is 9.72. The molecule has 0 radical (unpaired) electrons. The minimum absolute atomic E-state index is 0.0237. The largest absolute Gasteiger partial charge is 0.507 e. The number of phenolic OH excluding ortho intramolecular Hbond substituents is 2. The molecule has 9 N–H and O–H groups in total. The molecule has 2 aromatic carbocycles. The maximum Gasteiger partial charge on any atom is 0.411 e. The fraction of sp³-hybridized carbons (Fsp3) is 0.479. The summed E-state index contributed by atoms with van der Waals surface area (Å²) >= 11 is 0. The van der Waals surface area contributed by atoms with Gasteiger partial charge in [-0.2, -0.15) is 0 Å². The molecule has 4 heterocycles. The summed E-state index contributed by atoms with van der Waals surface area (Å²) in [6.45, 7) is 1.75. The number of pyridine rings is 1. The van der Waals surface area contributed by atoms with E-state index in [0.29, 0.717) is 12.0 Å². The number of carbonyl (C=O) groups is 8. The summed E-state index contributed by atoms with van der Waals surface area (Å²) < 4.78 is 22.9. The van der Waals surface area contributed by atoms with Gasteiger partial charge in [-0.05, 0) is 38.8 Å². The van der Waals surface area contributed by atoms with Gasteiger partial charge in [0.15, 0.2) is 24.0 Å². The number of aliphatic hydroxyl groups is 3. The molecule has 2 aliphatic carbocycles. The van der Waals surface area contributed by atoms with Gasteiger partial charge in [-0.1, -0.05) is 18.2 Å². The number of Topliss-reactive ketones (excluding diaryl/α,β-unsaturated/α-hetero) is 1. The van der Waals surface area contributed by atoms with Crippen LogP contribution in [-0.2, 0) is 51.2 Å². The predicted octanol–water partition coefficient (Wildman–Crippen LogP) is -1.27. The van der Waals surface area contributed by atoms with E-state index in [1.807, 2.05) is 0 Å². The number of ketones is 3. The van der Waals surface area contributed by atoms with Gasteiger partial charge >= 0.3 is 6.09 Å². The van der Waals surface area contributed by atoms with Crippen LogP contribution in [0, 0.1) is 0 Å². The average Bonchev–Trinajstić information content (AvgIpc) is 4.08. The Morgan fingerprint density at radius 2 is 1.76 bits per heavy atom. The van der Waals surface area contributed by atoms with Gasteiger partial charge in [0, 0.05) is 73.5 Å². The van der Waals surface area contributed by atoms with Gasteiger partial charge in [-0.15, -0.1) is 0 Å². The molecule has 1 aromatic heterocycles. The van der Waals surface area contributed by atoms with Crippen LogP contribution in [0.3, 0.4) is 0 Å². The highest BCUT2D eigenvalue weighted by Gasteiger charge is 2.51. The van der Waals surface area contributed by atoms with Crippen LogP contribution < -0.4 is 26.0 Å². The lowest BCUT2D eigenvalue weighted by molar-refractivity contribution is -0.249. The Labute approximate surface area is 410 Å². The number of aromatic nitrogens is 1. The maximum absolute atomic E-state index is 14.1. The van der Waals surface area contributed by atoms with Crippen molar-refractivity contribution in [2.24, 2.45) is 0 Å². The molecule has 5 aliphatic rings. The zero-order chi connectivity index (χ0) is 51.8. The Morgan fingerprint density at radius 1 is 1.00 bits per heavy atom. The summed E-state index contributed by atoms with van der Waals surface area (Å²) in [6, 6.07) is 4.37. The summed E-state index contributed by atoms with van der Waals surface area (Å²) in [4.78, 5) is 114. The summed E-state index contributed by atoms with van der Waals surface area (Å²) in [5.41, 5.74) is -3.77. The Bertz CT molecular complexity index is 2690. The number of rotatable bonds is 14. The number of nitrogens with zero attached hydrogens (tertiary/aromatic N) is 3. The number of methoxy groups -OCH3 is 1. The van der Waals surface area contributed by atoms with Crippen molar-refractivity contribution in [2.75, 3.05) is 39.9 Å². The highest BCUT2D eigenvalue weighted by molar-refractivity contribution is 6.31. The van der Waals surface area contributed by atoms with E-state index in [-0.39, 0.29) is 67.1 Å². The van der Waals surface area contributed by atoms with Gasteiger partial charge in [0.2, 0.25) is 23.5 Å².